The third-order valence-electron chi connectivity index (χ3n) is 2.16. The molecule has 2 N–H and O–H groups in total. The number of halogens is 1. The first kappa shape index (κ1) is 9.98. The summed E-state index contributed by atoms with van der Waals surface area (Å²) in [4.78, 5) is 4.00. The highest BCUT2D eigenvalue weighted by molar-refractivity contribution is 6.33. The van der Waals surface area contributed by atoms with Crippen molar-refractivity contribution in [1.29, 1.82) is 0 Å². The normalized spacial score (nSPS) is 10.5. The number of hydrogen-bond acceptors (Lipinski definition) is 3. The van der Waals surface area contributed by atoms with E-state index in [2.05, 4.69) is 10.1 Å². The second-order valence-corrected chi connectivity index (χ2v) is 3.58. The van der Waals surface area contributed by atoms with E-state index in [0.29, 0.717) is 10.8 Å². The molecule has 4 nitrogen and oxygen atoms in total. The van der Waals surface area contributed by atoms with Crippen molar-refractivity contribution < 1.29 is 0 Å². The summed E-state index contributed by atoms with van der Waals surface area (Å²) in [5.74, 6) is 0.350. The van der Waals surface area contributed by atoms with Crippen LogP contribution in [0.4, 0.5) is 5.82 Å². The Morgan fingerprint density at radius 3 is 2.80 bits per heavy atom. The van der Waals surface area contributed by atoms with E-state index in [-0.39, 0.29) is 0 Å². The molecule has 0 aliphatic heterocycles. The van der Waals surface area contributed by atoms with Crippen molar-refractivity contribution in [3.8, 4) is 11.1 Å². The van der Waals surface area contributed by atoms with E-state index in [9.17, 15) is 0 Å². The van der Waals surface area contributed by atoms with Crippen LogP contribution in [0.25, 0.3) is 11.1 Å². The maximum Gasteiger partial charge on any atom is 0.142 e. The maximum atomic E-state index is 5.89. The van der Waals surface area contributed by atoms with Crippen molar-refractivity contribution in [1.82, 2.24) is 14.8 Å². The highest BCUT2D eigenvalue weighted by atomic mass is 35.5. The van der Waals surface area contributed by atoms with Gasteiger partial charge in [0.2, 0.25) is 0 Å². The van der Waals surface area contributed by atoms with Gasteiger partial charge in [-0.15, -0.1) is 0 Å². The van der Waals surface area contributed by atoms with Gasteiger partial charge in [0.15, 0.2) is 0 Å². The minimum Gasteiger partial charge on any atom is -0.382 e. The quantitative estimate of drug-likeness (QED) is 0.848. The van der Waals surface area contributed by atoms with Gasteiger partial charge in [0, 0.05) is 30.1 Å². The standard InChI is InChI=1S/C10H11ClN4/c1-2-15-6-8(5-14-15)7-3-9(11)10(12)13-4-7/h3-6H,2H2,1H3,(H2,12,13). The summed E-state index contributed by atoms with van der Waals surface area (Å²) in [5.41, 5.74) is 7.45. The third-order valence-corrected chi connectivity index (χ3v) is 2.46. The smallest absolute Gasteiger partial charge is 0.142 e. The predicted octanol–water partition coefficient (Wildman–Crippen LogP) is 2.20. The summed E-state index contributed by atoms with van der Waals surface area (Å²) in [7, 11) is 0. The van der Waals surface area contributed by atoms with Gasteiger partial charge in [0.25, 0.3) is 0 Å². The number of hydrogen-bond donors (Lipinski definition) is 1. The summed E-state index contributed by atoms with van der Waals surface area (Å²) < 4.78 is 1.85. The molecule has 0 aromatic carbocycles. The van der Waals surface area contributed by atoms with Crippen LogP contribution < -0.4 is 5.73 Å². The molecule has 0 saturated carbocycles. The van der Waals surface area contributed by atoms with E-state index >= 15 is 0 Å². The van der Waals surface area contributed by atoms with Crippen LogP contribution in [-0.4, -0.2) is 14.8 Å². The molecule has 0 radical (unpaired) electrons. The van der Waals surface area contributed by atoms with Gasteiger partial charge in [0.1, 0.15) is 5.82 Å². The van der Waals surface area contributed by atoms with Crippen LogP contribution in [-0.2, 0) is 6.54 Å². The molecule has 15 heavy (non-hydrogen) atoms. The number of aromatic nitrogens is 3. The molecule has 2 aromatic rings. The van der Waals surface area contributed by atoms with Crippen LogP contribution in [0.15, 0.2) is 24.7 Å². The SMILES string of the molecule is CCn1cc(-c2cnc(N)c(Cl)c2)cn1. The maximum absolute atomic E-state index is 5.89. The van der Waals surface area contributed by atoms with Gasteiger partial charge in [-0.1, -0.05) is 11.6 Å². The number of aryl methyl sites for hydroxylation is 1. The molecule has 0 atom stereocenters. The van der Waals surface area contributed by atoms with Crippen molar-refractivity contribution in [2.75, 3.05) is 5.73 Å². The largest absolute Gasteiger partial charge is 0.382 e. The predicted molar refractivity (Wildman–Crippen MR) is 60.6 cm³/mol. The van der Waals surface area contributed by atoms with Crippen LogP contribution in [0.3, 0.4) is 0 Å². The van der Waals surface area contributed by atoms with Crippen molar-refractivity contribution in [2.24, 2.45) is 0 Å². The monoisotopic (exact) mass is 222 g/mol. The minimum absolute atomic E-state index is 0.350. The van der Waals surface area contributed by atoms with Crippen molar-refractivity contribution in [2.45, 2.75) is 13.5 Å². The molecule has 2 rings (SSSR count). The Bertz CT molecular complexity index is 478. The molecule has 78 valence electrons. The van der Waals surface area contributed by atoms with E-state index in [0.717, 1.165) is 17.7 Å². The van der Waals surface area contributed by atoms with Crippen LogP contribution >= 0.6 is 11.6 Å². The molecule has 0 aliphatic carbocycles. The zero-order valence-corrected chi connectivity index (χ0v) is 9.07. The fourth-order valence-corrected chi connectivity index (χ4v) is 1.46. The van der Waals surface area contributed by atoms with Gasteiger partial charge >= 0.3 is 0 Å². The van der Waals surface area contributed by atoms with Gasteiger partial charge in [-0.05, 0) is 13.0 Å². The number of nitrogens with zero attached hydrogens (tertiary/aromatic N) is 3. The first-order valence-electron chi connectivity index (χ1n) is 4.64. The number of nitrogens with two attached hydrogens (primary N) is 1. The molecule has 0 amide bonds. The Morgan fingerprint density at radius 1 is 1.40 bits per heavy atom. The highest BCUT2D eigenvalue weighted by Gasteiger charge is 2.04. The molecule has 2 aromatic heterocycles. The molecule has 0 fully saturated rings. The van der Waals surface area contributed by atoms with Gasteiger partial charge in [-0.25, -0.2) is 4.98 Å². The Kier molecular flexibility index (Phi) is 2.60. The second-order valence-electron chi connectivity index (χ2n) is 3.18. The molecular weight excluding hydrogens is 212 g/mol. The van der Waals surface area contributed by atoms with Gasteiger partial charge in [-0.2, -0.15) is 5.10 Å². The van der Waals surface area contributed by atoms with E-state index in [1.165, 1.54) is 0 Å². The van der Waals surface area contributed by atoms with E-state index in [1.807, 2.05) is 17.8 Å². The Morgan fingerprint density at radius 2 is 2.20 bits per heavy atom. The van der Waals surface area contributed by atoms with Crippen LogP contribution in [0.5, 0.6) is 0 Å². The van der Waals surface area contributed by atoms with Gasteiger partial charge < -0.3 is 5.73 Å². The number of rotatable bonds is 2. The molecule has 0 unspecified atom stereocenters. The Labute approximate surface area is 92.7 Å². The zero-order chi connectivity index (χ0) is 10.8. The van der Waals surface area contributed by atoms with Crippen LogP contribution in [0.2, 0.25) is 5.02 Å². The molecule has 0 aliphatic rings. The molecule has 2 heterocycles. The Balaban J connectivity index is 2.40. The average molecular weight is 223 g/mol. The number of anilines is 1. The lowest BCUT2D eigenvalue weighted by molar-refractivity contribution is 0.660. The van der Waals surface area contributed by atoms with Gasteiger partial charge in [-0.3, -0.25) is 4.68 Å². The summed E-state index contributed by atoms with van der Waals surface area (Å²) >= 11 is 5.89. The third kappa shape index (κ3) is 1.94. The highest BCUT2D eigenvalue weighted by Crippen LogP contribution is 2.24. The van der Waals surface area contributed by atoms with Gasteiger partial charge in [0.05, 0.1) is 11.2 Å². The lowest BCUT2D eigenvalue weighted by Gasteiger charge is -1.99. The molecule has 0 bridgehead atoms. The number of nitrogen functional groups attached to an aromatic ring is 1. The molecule has 0 spiro atoms. The summed E-state index contributed by atoms with van der Waals surface area (Å²) in [6, 6.07) is 1.79. The minimum atomic E-state index is 0.350. The second kappa shape index (κ2) is 3.90. The molecule has 5 heteroatoms. The van der Waals surface area contributed by atoms with Crippen LogP contribution in [0, 0.1) is 0 Å². The topological polar surface area (TPSA) is 56.7 Å². The fourth-order valence-electron chi connectivity index (χ4n) is 1.29. The zero-order valence-electron chi connectivity index (χ0n) is 8.31. The first-order chi connectivity index (χ1) is 7.20. The van der Waals surface area contributed by atoms with E-state index in [1.54, 1.807) is 18.5 Å². The summed E-state index contributed by atoms with van der Waals surface area (Å²) in [6.07, 6.45) is 5.43. The fraction of sp³-hybridized carbons (Fsp3) is 0.200. The lowest BCUT2D eigenvalue weighted by Crippen LogP contribution is -1.92. The number of pyridine rings is 1. The first-order valence-corrected chi connectivity index (χ1v) is 5.02. The van der Waals surface area contributed by atoms with Crippen molar-refractivity contribution >= 4 is 17.4 Å². The van der Waals surface area contributed by atoms with Crippen molar-refractivity contribution in [3.05, 3.63) is 29.7 Å². The van der Waals surface area contributed by atoms with E-state index < -0.39 is 0 Å². The lowest BCUT2D eigenvalue weighted by atomic mass is 10.2. The summed E-state index contributed by atoms with van der Waals surface area (Å²) in [6.45, 7) is 2.88. The molecular formula is C10H11ClN4. The van der Waals surface area contributed by atoms with E-state index in [4.69, 9.17) is 17.3 Å². The van der Waals surface area contributed by atoms with Crippen molar-refractivity contribution in [3.63, 3.8) is 0 Å². The summed E-state index contributed by atoms with van der Waals surface area (Å²) in [5, 5.41) is 4.65. The van der Waals surface area contributed by atoms with Crippen LogP contribution in [0.1, 0.15) is 6.92 Å². The average Bonchev–Trinajstić information content (AvgIpc) is 2.70. The molecule has 0 saturated heterocycles. The Hall–Kier alpha value is -1.55.